The van der Waals surface area contributed by atoms with Crippen molar-refractivity contribution in [3.8, 4) is 0 Å². The van der Waals surface area contributed by atoms with Crippen molar-refractivity contribution in [2.75, 3.05) is 22.9 Å². The van der Waals surface area contributed by atoms with E-state index in [1.54, 1.807) is 0 Å². The van der Waals surface area contributed by atoms with Crippen LogP contribution in [0.4, 0.5) is 20.2 Å². The zero-order chi connectivity index (χ0) is 28.7. The SMILES string of the molecule is CN(c1ccc2c(c1)S(=O)(=O)N=C(C1C(=O)[C@@H]3[C@H]4CC[C@H](C4)[C@@H]3N(Cc3ccc(F)c(F)c3)C1=O)N2)S(C)(=O)=O. The van der Waals surface area contributed by atoms with Crippen LogP contribution in [0.1, 0.15) is 24.8 Å². The van der Waals surface area contributed by atoms with E-state index in [1.165, 1.54) is 30.1 Å². The second kappa shape index (κ2) is 9.06. The highest BCUT2D eigenvalue weighted by molar-refractivity contribution is 7.92. The van der Waals surface area contributed by atoms with E-state index in [0.717, 1.165) is 48.0 Å². The molecule has 1 amide bonds. The zero-order valence-corrected chi connectivity index (χ0v) is 23.2. The summed E-state index contributed by atoms with van der Waals surface area (Å²) >= 11 is 0. The standard InChI is InChI=1S/C26H26F2N4O6S2/c1-31(39(2,35)36)16-6-8-19-20(11-16)40(37,38)30-25(29-19)22-24(33)21-14-4-5-15(10-14)23(21)32(26(22)34)12-13-3-7-17(27)18(28)9-13/h3,6-9,11,14-15,21-23H,4-5,10,12H2,1-2H3,(H,29,30)/t14-,15+,21+,22?,23-/m0/s1. The van der Waals surface area contributed by atoms with Gasteiger partial charge in [0.05, 0.1) is 17.6 Å². The molecule has 2 aromatic carbocycles. The van der Waals surface area contributed by atoms with Crippen LogP contribution in [0.2, 0.25) is 0 Å². The smallest absolute Gasteiger partial charge is 0.286 e. The molecule has 2 aromatic rings. The minimum Gasteiger partial charge on any atom is -0.341 e. The first-order valence-electron chi connectivity index (χ1n) is 12.7. The number of benzene rings is 2. The first-order chi connectivity index (χ1) is 18.8. The van der Waals surface area contributed by atoms with Crippen molar-refractivity contribution in [3.63, 3.8) is 0 Å². The maximum Gasteiger partial charge on any atom is 0.286 e. The number of piperidine rings is 1. The van der Waals surface area contributed by atoms with Gasteiger partial charge in [0.15, 0.2) is 23.3 Å². The number of amidine groups is 1. The molecule has 3 fully saturated rings. The molecule has 212 valence electrons. The number of nitrogens with zero attached hydrogens (tertiary/aromatic N) is 3. The van der Waals surface area contributed by atoms with Gasteiger partial charge in [0.1, 0.15) is 10.7 Å². The molecule has 0 radical (unpaired) electrons. The Morgan fingerprint density at radius 3 is 2.50 bits per heavy atom. The van der Waals surface area contributed by atoms with Crippen LogP contribution in [0.5, 0.6) is 0 Å². The fraction of sp³-hybridized carbons (Fsp3) is 0.423. The van der Waals surface area contributed by atoms with E-state index in [4.69, 9.17) is 0 Å². The lowest BCUT2D eigenvalue weighted by molar-refractivity contribution is -0.153. The van der Waals surface area contributed by atoms with Gasteiger partial charge in [-0.15, -0.1) is 4.40 Å². The Morgan fingerprint density at radius 1 is 1.07 bits per heavy atom. The molecule has 6 rings (SSSR count). The lowest BCUT2D eigenvalue weighted by atomic mass is 9.73. The highest BCUT2D eigenvalue weighted by Gasteiger charge is 2.60. The van der Waals surface area contributed by atoms with Crippen LogP contribution in [-0.2, 0) is 36.2 Å². The predicted molar refractivity (Wildman–Crippen MR) is 141 cm³/mol. The van der Waals surface area contributed by atoms with Crippen LogP contribution in [-0.4, -0.2) is 58.6 Å². The Balaban J connectivity index is 1.38. The third kappa shape index (κ3) is 4.19. The number of Topliss-reactive ketones (excluding diaryl/α,β-unsaturated/α-hetero) is 1. The second-order valence-corrected chi connectivity index (χ2v) is 14.5. The first-order valence-corrected chi connectivity index (χ1v) is 16.0. The van der Waals surface area contributed by atoms with Crippen molar-refractivity contribution in [1.29, 1.82) is 0 Å². The van der Waals surface area contributed by atoms with Crippen LogP contribution in [0.25, 0.3) is 0 Å². The molecular weight excluding hydrogens is 566 g/mol. The number of carbonyl (C=O) groups excluding carboxylic acids is 2. The van der Waals surface area contributed by atoms with Gasteiger partial charge in [0.2, 0.25) is 15.9 Å². The van der Waals surface area contributed by atoms with Crippen molar-refractivity contribution >= 4 is 48.9 Å². The molecule has 2 heterocycles. The fourth-order valence-corrected chi connectivity index (χ4v) is 8.36. The van der Waals surface area contributed by atoms with Crippen LogP contribution >= 0.6 is 0 Å². The molecule has 10 nitrogen and oxygen atoms in total. The maximum atomic E-state index is 14.0. The summed E-state index contributed by atoms with van der Waals surface area (Å²) in [6, 6.07) is 6.87. The summed E-state index contributed by atoms with van der Waals surface area (Å²) < 4.78 is 82.7. The molecular formula is C26H26F2N4O6S2. The van der Waals surface area contributed by atoms with Gasteiger partial charge in [-0.3, -0.25) is 13.9 Å². The number of hydrogen-bond acceptors (Lipinski definition) is 7. The molecule has 40 heavy (non-hydrogen) atoms. The number of rotatable bonds is 5. The molecule has 2 bridgehead atoms. The van der Waals surface area contributed by atoms with E-state index in [0.29, 0.717) is 5.56 Å². The number of fused-ring (bicyclic) bond motifs is 6. The number of halogens is 2. The Kier molecular flexibility index (Phi) is 6.07. The predicted octanol–water partition coefficient (Wildman–Crippen LogP) is 2.52. The molecule has 14 heteroatoms. The van der Waals surface area contributed by atoms with Crippen LogP contribution in [0.15, 0.2) is 45.7 Å². The van der Waals surface area contributed by atoms with E-state index in [2.05, 4.69) is 9.71 Å². The largest absolute Gasteiger partial charge is 0.341 e. The highest BCUT2D eigenvalue weighted by Crippen LogP contribution is 2.54. The van der Waals surface area contributed by atoms with Crippen LogP contribution in [0.3, 0.4) is 0 Å². The van der Waals surface area contributed by atoms with Crippen molar-refractivity contribution in [2.24, 2.45) is 28.1 Å². The topological polar surface area (TPSA) is 133 Å². The van der Waals surface area contributed by atoms with Crippen molar-refractivity contribution < 1.29 is 35.2 Å². The monoisotopic (exact) mass is 592 g/mol. The number of sulfonamides is 2. The average molecular weight is 593 g/mol. The Bertz CT molecular complexity index is 1710. The molecule has 1 unspecified atom stereocenters. The van der Waals surface area contributed by atoms with E-state index in [-0.39, 0.29) is 40.5 Å². The third-order valence-corrected chi connectivity index (χ3v) is 11.1. The quantitative estimate of drug-likeness (QED) is 0.528. The van der Waals surface area contributed by atoms with E-state index >= 15 is 0 Å². The summed E-state index contributed by atoms with van der Waals surface area (Å²) in [5.74, 6) is -5.38. The Morgan fingerprint density at radius 2 is 1.80 bits per heavy atom. The van der Waals surface area contributed by atoms with Crippen molar-refractivity contribution in [3.05, 3.63) is 53.6 Å². The van der Waals surface area contributed by atoms with Gasteiger partial charge in [-0.2, -0.15) is 8.42 Å². The van der Waals surface area contributed by atoms with Gasteiger partial charge >= 0.3 is 0 Å². The molecule has 0 aromatic heterocycles. The fourth-order valence-electron chi connectivity index (χ4n) is 6.69. The number of likely N-dealkylation sites (tertiary alicyclic amines) is 1. The Labute approximate surface area is 230 Å². The van der Waals surface area contributed by atoms with E-state index in [1.807, 2.05) is 0 Å². The summed E-state index contributed by atoms with van der Waals surface area (Å²) in [7, 11) is -6.81. The molecule has 5 atom stereocenters. The number of ketones is 1. The minimum atomic E-state index is -4.42. The van der Waals surface area contributed by atoms with Gasteiger partial charge in [-0.25, -0.2) is 17.2 Å². The minimum absolute atomic E-state index is 0.0349. The second-order valence-electron chi connectivity index (χ2n) is 10.9. The van der Waals surface area contributed by atoms with Crippen LogP contribution in [0, 0.1) is 35.3 Å². The summed E-state index contributed by atoms with van der Waals surface area (Å²) in [5, 5.41) is 2.84. The lowest BCUT2D eigenvalue weighted by Crippen LogP contribution is -2.61. The molecule has 0 spiro atoms. The van der Waals surface area contributed by atoms with Gasteiger partial charge in [-0.1, -0.05) is 6.07 Å². The first kappa shape index (κ1) is 26.8. The summed E-state index contributed by atoms with van der Waals surface area (Å²) in [6.45, 7) is -0.0675. The average Bonchev–Trinajstić information content (AvgIpc) is 3.50. The molecule has 2 saturated carbocycles. The van der Waals surface area contributed by atoms with Gasteiger partial charge in [0.25, 0.3) is 10.0 Å². The van der Waals surface area contributed by atoms with Crippen molar-refractivity contribution in [1.82, 2.24) is 4.90 Å². The zero-order valence-electron chi connectivity index (χ0n) is 21.5. The summed E-state index contributed by atoms with van der Waals surface area (Å²) in [4.78, 5) is 29.0. The number of hydrogen-bond donors (Lipinski definition) is 1. The molecule has 1 saturated heterocycles. The van der Waals surface area contributed by atoms with Gasteiger partial charge in [-0.05, 0) is 67.0 Å². The number of amides is 1. The Hall–Kier alpha value is -3.39. The highest BCUT2D eigenvalue weighted by atomic mass is 32.2. The molecule has 2 aliphatic carbocycles. The number of carbonyl (C=O) groups is 2. The number of nitrogens with one attached hydrogen (secondary N) is 1. The maximum absolute atomic E-state index is 14.0. The normalized spacial score (nSPS) is 28.6. The van der Waals surface area contributed by atoms with Gasteiger partial charge in [0, 0.05) is 25.6 Å². The van der Waals surface area contributed by atoms with Crippen LogP contribution < -0.4 is 9.62 Å². The van der Waals surface area contributed by atoms with Gasteiger partial charge < -0.3 is 10.2 Å². The number of anilines is 2. The molecule has 1 N–H and O–H groups in total. The lowest BCUT2D eigenvalue weighted by Gasteiger charge is -2.45. The van der Waals surface area contributed by atoms with Crippen molar-refractivity contribution in [2.45, 2.75) is 36.7 Å². The summed E-state index contributed by atoms with van der Waals surface area (Å²) in [6.07, 6.45) is 3.39. The summed E-state index contributed by atoms with van der Waals surface area (Å²) in [5.41, 5.74) is 0.497. The third-order valence-electron chi connectivity index (χ3n) is 8.57. The van der Waals surface area contributed by atoms with E-state index in [9.17, 15) is 35.2 Å². The molecule has 2 aliphatic heterocycles. The van der Waals surface area contributed by atoms with E-state index < -0.39 is 61.2 Å². The molecule has 4 aliphatic rings.